The molecule has 1 saturated heterocycles. The predicted octanol–water partition coefficient (Wildman–Crippen LogP) is 3.33. The van der Waals surface area contributed by atoms with Gasteiger partial charge in [-0.1, -0.05) is 36.8 Å². The number of nitrogens with zero attached hydrogens (tertiary/aromatic N) is 1. The average Bonchev–Trinajstić information content (AvgIpc) is 2.78. The van der Waals surface area contributed by atoms with E-state index in [9.17, 15) is 9.59 Å². The smallest absolute Gasteiger partial charge is 0.410 e. The molecule has 2 atom stereocenters. The maximum atomic E-state index is 12.4. The molecule has 1 heterocycles. The van der Waals surface area contributed by atoms with Crippen molar-refractivity contribution in [3.05, 3.63) is 35.9 Å². The zero-order valence-electron chi connectivity index (χ0n) is 11.8. The highest BCUT2D eigenvalue weighted by atomic mass is 35.5. The van der Waals surface area contributed by atoms with Crippen LogP contribution in [0.15, 0.2) is 30.3 Å². The van der Waals surface area contributed by atoms with Crippen molar-refractivity contribution in [2.24, 2.45) is 5.92 Å². The first-order valence-corrected chi connectivity index (χ1v) is 7.68. The summed E-state index contributed by atoms with van der Waals surface area (Å²) < 4.78 is 5.37. The SMILES string of the molecule is O=C(OCc1ccccc1)N1CC2CCCC1(C(=O)Cl)C2. The molecule has 5 heteroatoms. The first-order valence-electron chi connectivity index (χ1n) is 7.30. The number of amides is 1. The predicted molar refractivity (Wildman–Crippen MR) is 78.9 cm³/mol. The number of rotatable bonds is 3. The fourth-order valence-electron chi connectivity index (χ4n) is 3.53. The molecular weight excluding hydrogens is 290 g/mol. The minimum atomic E-state index is -0.835. The van der Waals surface area contributed by atoms with Crippen LogP contribution in [0.1, 0.15) is 31.2 Å². The maximum Gasteiger partial charge on any atom is 0.410 e. The van der Waals surface area contributed by atoms with Gasteiger partial charge in [0.15, 0.2) is 0 Å². The molecule has 2 fully saturated rings. The van der Waals surface area contributed by atoms with Crippen LogP contribution in [-0.4, -0.2) is 28.3 Å². The molecule has 1 aromatic carbocycles. The normalized spacial score (nSPS) is 27.5. The van der Waals surface area contributed by atoms with Crippen molar-refractivity contribution in [3.8, 4) is 0 Å². The van der Waals surface area contributed by atoms with Gasteiger partial charge < -0.3 is 4.74 Å². The van der Waals surface area contributed by atoms with E-state index in [1.165, 1.54) is 0 Å². The van der Waals surface area contributed by atoms with Gasteiger partial charge in [0.1, 0.15) is 12.1 Å². The summed E-state index contributed by atoms with van der Waals surface area (Å²) in [5.41, 5.74) is 0.0948. The minimum absolute atomic E-state index is 0.216. The third-order valence-corrected chi connectivity index (χ3v) is 4.93. The monoisotopic (exact) mass is 307 g/mol. The van der Waals surface area contributed by atoms with E-state index in [-0.39, 0.29) is 6.61 Å². The van der Waals surface area contributed by atoms with Crippen molar-refractivity contribution in [2.45, 2.75) is 37.8 Å². The average molecular weight is 308 g/mol. The summed E-state index contributed by atoms with van der Waals surface area (Å²) in [6.45, 7) is 0.791. The lowest BCUT2D eigenvalue weighted by Gasteiger charge is -2.35. The van der Waals surface area contributed by atoms with E-state index >= 15 is 0 Å². The Labute approximate surface area is 129 Å². The fraction of sp³-hybridized carbons (Fsp3) is 0.500. The van der Waals surface area contributed by atoms with Crippen molar-refractivity contribution in [1.82, 2.24) is 4.90 Å². The van der Waals surface area contributed by atoms with Crippen LogP contribution < -0.4 is 0 Å². The van der Waals surface area contributed by atoms with Gasteiger partial charge in [-0.15, -0.1) is 0 Å². The molecule has 2 unspecified atom stereocenters. The van der Waals surface area contributed by atoms with Crippen LogP contribution in [0.3, 0.4) is 0 Å². The standard InChI is InChI=1S/C16H18ClNO3/c17-14(19)16-8-4-7-13(9-16)10-18(16)15(20)21-11-12-5-2-1-3-6-12/h1-3,5-6,13H,4,7-11H2. The lowest BCUT2D eigenvalue weighted by Crippen LogP contribution is -2.51. The van der Waals surface area contributed by atoms with Crippen molar-refractivity contribution >= 4 is 22.9 Å². The second kappa shape index (κ2) is 5.68. The number of carbonyl (C=O) groups is 2. The summed E-state index contributed by atoms with van der Waals surface area (Å²) >= 11 is 5.81. The Morgan fingerprint density at radius 3 is 2.81 bits per heavy atom. The maximum absolute atomic E-state index is 12.4. The number of hydrogen-bond donors (Lipinski definition) is 0. The molecule has 2 aliphatic rings. The van der Waals surface area contributed by atoms with E-state index < -0.39 is 16.9 Å². The van der Waals surface area contributed by atoms with Gasteiger partial charge in [0.05, 0.1) is 0 Å². The van der Waals surface area contributed by atoms with Gasteiger partial charge >= 0.3 is 6.09 Å². The largest absolute Gasteiger partial charge is 0.445 e. The number of likely N-dealkylation sites (tertiary alicyclic amines) is 1. The molecular formula is C16H18ClNO3. The van der Waals surface area contributed by atoms with E-state index in [0.717, 1.165) is 18.4 Å². The number of fused-ring (bicyclic) bond motifs is 2. The van der Waals surface area contributed by atoms with Gasteiger partial charge in [-0.05, 0) is 42.3 Å². The molecule has 21 heavy (non-hydrogen) atoms. The molecule has 3 rings (SSSR count). The van der Waals surface area contributed by atoms with E-state index in [2.05, 4.69) is 0 Å². The highest BCUT2D eigenvalue weighted by Crippen LogP contribution is 2.45. The molecule has 2 bridgehead atoms. The topological polar surface area (TPSA) is 46.6 Å². The highest BCUT2D eigenvalue weighted by Gasteiger charge is 2.54. The second-order valence-corrected chi connectivity index (χ2v) is 6.26. The van der Waals surface area contributed by atoms with Gasteiger partial charge in [-0.25, -0.2) is 4.79 Å². The molecule has 112 valence electrons. The highest BCUT2D eigenvalue weighted by molar-refractivity contribution is 6.65. The van der Waals surface area contributed by atoms with Crippen LogP contribution in [0, 0.1) is 5.92 Å². The van der Waals surface area contributed by atoms with E-state index in [1.807, 2.05) is 30.3 Å². The van der Waals surface area contributed by atoms with E-state index in [4.69, 9.17) is 16.3 Å². The Kier molecular flexibility index (Phi) is 3.89. The third kappa shape index (κ3) is 2.64. The van der Waals surface area contributed by atoms with Crippen LogP contribution in [-0.2, 0) is 16.1 Å². The summed E-state index contributed by atoms with van der Waals surface area (Å²) in [4.78, 5) is 25.8. The first kappa shape index (κ1) is 14.4. The number of hydrogen-bond acceptors (Lipinski definition) is 3. The molecule has 1 aliphatic carbocycles. The van der Waals surface area contributed by atoms with Crippen molar-refractivity contribution in [2.75, 3.05) is 6.54 Å². The fourth-order valence-corrected chi connectivity index (χ4v) is 3.80. The van der Waals surface area contributed by atoms with Crippen LogP contribution in [0.25, 0.3) is 0 Å². The third-order valence-electron chi connectivity index (χ3n) is 4.58. The summed E-state index contributed by atoms with van der Waals surface area (Å²) in [5.74, 6) is 0.366. The molecule has 0 N–H and O–H groups in total. The number of halogens is 1. The summed E-state index contributed by atoms with van der Waals surface area (Å²) in [6, 6.07) is 9.51. The Bertz CT molecular complexity index is 548. The van der Waals surface area contributed by atoms with Gasteiger partial charge in [0.2, 0.25) is 5.24 Å². The van der Waals surface area contributed by atoms with E-state index in [1.54, 1.807) is 4.90 Å². The Balaban J connectivity index is 1.70. The molecule has 0 radical (unpaired) electrons. The van der Waals surface area contributed by atoms with Crippen LogP contribution in [0.2, 0.25) is 0 Å². The van der Waals surface area contributed by atoms with Gasteiger partial charge in [-0.3, -0.25) is 9.69 Å². The Hall–Kier alpha value is -1.55. The first-order chi connectivity index (χ1) is 10.1. The van der Waals surface area contributed by atoms with Crippen LogP contribution in [0.5, 0.6) is 0 Å². The summed E-state index contributed by atoms with van der Waals surface area (Å²) in [6.07, 6.45) is 2.87. The molecule has 0 aromatic heterocycles. The van der Waals surface area contributed by atoms with Crippen molar-refractivity contribution in [3.63, 3.8) is 0 Å². The zero-order chi connectivity index (χ0) is 14.9. The Morgan fingerprint density at radius 1 is 1.33 bits per heavy atom. The van der Waals surface area contributed by atoms with Crippen molar-refractivity contribution < 1.29 is 14.3 Å². The summed E-state index contributed by atoms with van der Waals surface area (Å²) in [7, 11) is 0. The van der Waals surface area contributed by atoms with Gasteiger partial charge in [-0.2, -0.15) is 0 Å². The molecule has 0 spiro atoms. The lowest BCUT2D eigenvalue weighted by molar-refractivity contribution is -0.121. The number of benzene rings is 1. The number of ether oxygens (including phenoxy) is 1. The molecule has 4 nitrogen and oxygen atoms in total. The van der Waals surface area contributed by atoms with Gasteiger partial charge in [0, 0.05) is 6.54 Å². The number of carbonyl (C=O) groups excluding carboxylic acids is 2. The second-order valence-electron chi connectivity index (χ2n) is 5.92. The quantitative estimate of drug-likeness (QED) is 0.805. The van der Waals surface area contributed by atoms with E-state index in [0.29, 0.717) is 25.3 Å². The van der Waals surface area contributed by atoms with Crippen LogP contribution in [0.4, 0.5) is 4.79 Å². The van der Waals surface area contributed by atoms with Crippen LogP contribution >= 0.6 is 11.6 Å². The molecule has 1 aromatic rings. The summed E-state index contributed by atoms with van der Waals surface area (Å²) in [5, 5.41) is -0.429. The Morgan fingerprint density at radius 2 is 2.10 bits per heavy atom. The molecule has 1 aliphatic heterocycles. The van der Waals surface area contributed by atoms with Crippen molar-refractivity contribution in [1.29, 1.82) is 0 Å². The zero-order valence-corrected chi connectivity index (χ0v) is 12.5. The lowest BCUT2D eigenvalue weighted by atomic mass is 9.81. The molecule has 1 saturated carbocycles. The molecule has 1 amide bonds. The van der Waals surface area contributed by atoms with Gasteiger partial charge in [0.25, 0.3) is 0 Å². The minimum Gasteiger partial charge on any atom is -0.445 e.